The third-order valence-corrected chi connectivity index (χ3v) is 6.03. The van der Waals surface area contributed by atoms with E-state index in [1.807, 2.05) is 13.0 Å². The SMILES string of the molecule is C=C(/N=C1\C(=C/N)N=C(NC2=C(F)C=CCC2C)N1C1CCNCC1)NCC1CC1. The molecule has 1 atom stereocenters. The summed E-state index contributed by atoms with van der Waals surface area (Å²) in [5, 5.41) is 9.98. The van der Waals surface area contributed by atoms with E-state index in [0.29, 0.717) is 29.0 Å². The van der Waals surface area contributed by atoms with Crippen LogP contribution in [0.4, 0.5) is 4.39 Å². The van der Waals surface area contributed by atoms with E-state index in [1.54, 1.807) is 0 Å². The Hall–Kier alpha value is -2.61. The number of allylic oxidation sites excluding steroid dienone is 4. The maximum atomic E-state index is 14.5. The molecule has 1 unspecified atom stereocenters. The van der Waals surface area contributed by atoms with Crippen molar-refractivity contribution in [1.82, 2.24) is 20.9 Å². The average molecular weight is 414 g/mol. The fourth-order valence-electron chi connectivity index (χ4n) is 4.04. The van der Waals surface area contributed by atoms with Crippen molar-refractivity contribution >= 4 is 11.8 Å². The number of nitrogens with two attached hydrogens (primary N) is 1. The number of nitrogens with zero attached hydrogens (tertiary/aromatic N) is 3. The highest BCUT2D eigenvalue weighted by Crippen LogP contribution is 2.29. The highest BCUT2D eigenvalue weighted by atomic mass is 19.1. The molecule has 4 rings (SSSR count). The largest absolute Gasteiger partial charge is 0.403 e. The number of guanidine groups is 1. The van der Waals surface area contributed by atoms with E-state index < -0.39 is 0 Å². The van der Waals surface area contributed by atoms with E-state index in [9.17, 15) is 4.39 Å². The van der Waals surface area contributed by atoms with E-state index in [0.717, 1.165) is 44.8 Å². The molecule has 0 aromatic rings. The lowest BCUT2D eigenvalue weighted by molar-refractivity contribution is 0.331. The number of hydrogen-bond acceptors (Lipinski definition) is 6. The first-order valence-electron chi connectivity index (χ1n) is 10.9. The molecule has 162 valence electrons. The van der Waals surface area contributed by atoms with Gasteiger partial charge in [-0.05, 0) is 57.2 Å². The van der Waals surface area contributed by atoms with Crippen LogP contribution in [-0.2, 0) is 0 Å². The molecule has 2 aliphatic carbocycles. The first-order chi connectivity index (χ1) is 14.6. The first-order valence-corrected chi connectivity index (χ1v) is 10.9. The van der Waals surface area contributed by atoms with Gasteiger partial charge in [-0.25, -0.2) is 14.4 Å². The van der Waals surface area contributed by atoms with Gasteiger partial charge in [-0.15, -0.1) is 0 Å². The lowest BCUT2D eigenvalue weighted by Crippen LogP contribution is -2.51. The average Bonchev–Trinajstić information content (AvgIpc) is 3.51. The summed E-state index contributed by atoms with van der Waals surface area (Å²) in [5.74, 6) is 2.38. The molecule has 8 heteroatoms. The van der Waals surface area contributed by atoms with Gasteiger partial charge in [-0.2, -0.15) is 0 Å². The third-order valence-electron chi connectivity index (χ3n) is 6.03. The van der Waals surface area contributed by atoms with Gasteiger partial charge in [-0.1, -0.05) is 19.6 Å². The summed E-state index contributed by atoms with van der Waals surface area (Å²) in [5.41, 5.74) is 7.04. The van der Waals surface area contributed by atoms with E-state index >= 15 is 0 Å². The summed E-state index contributed by atoms with van der Waals surface area (Å²) in [6.07, 6.45) is 10.0. The fraction of sp³-hybridized carbons (Fsp3) is 0.545. The zero-order chi connectivity index (χ0) is 21.1. The van der Waals surface area contributed by atoms with E-state index in [1.165, 1.54) is 25.1 Å². The molecule has 0 aromatic heterocycles. The molecule has 0 amide bonds. The Kier molecular flexibility index (Phi) is 6.22. The van der Waals surface area contributed by atoms with E-state index in [4.69, 9.17) is 15.7 Å². The lowest BCUT2D eigenvalue weighted by atomic mass is 9.98. The summed E-state index contributed by atoms with van der Waals surface area (Å²) in [6.45, 7) is 8.81. The second kappa shape index (κ2) is 9.04. The Labute approximate surface area is 177 Å². The molecular weight excluding hydrogens is 381 g/mol. The van der Waals surface area contributed by atoms with Crippen molar-refractivity contribution in [3.05, 3.63) is 48.0 Å². The van der Waals surface area contributed by atoms with Gasteiger partial charge in [0.1, 0.15) is 17.3 Å². The van der Waals surface area contributed by atoms with Crippen LogP contribution in [0.2, 0.25) is 0 Å². The summed E-state index contributed by atoms with van der Waals surface area (Å²) in [7, 11) is 0. The molecular formula is C22H32FN7. The highest BCUT2D eigenvalue weighted by Gasteiger charge is 2.36. The standard InChI is InChI=1S/C22H32FN7/c1-14-4-3-5-18(23)20(14)29-22-28-19(12-24)21(27-15(2)26-13-16-6-7-16)30(22)17-8-10-25-11-9-17/h3,5,12,14,16-17,25-26H,2,4,6-11,13,24H2,1H3,(H,28,29)/b19-12+,27-21+. The molecule has 2 fully saturated rings. The highest BCUT2D eigenvalue weighted by molar-refractivity contribution is 6.15. The quantitative estimate of drug-likeness (QED) is 0.537. The minimum Gasteiger partial charge on any atom is -0.403 e. The second-order valence-corrected chi connectivity index (χ2v) is 8.47. The molecule has 0 spiro atoms. The van der Waals surface area contributed by atoms with Crippen molar-refractivity contribution < 1.29 is 4.39 Å². The van der Waals surface area contributed by atoms with Gasteiger partial charge >= 0.3 is 0 Å². The Morgan fingerprint density at radius 2 is 2.17 bits per heavy atom. The minimum atomic E-state index is -0.249. The van der Waals surface area contributed by atoms with Crippen LogP contribution in [0.3, 0.4) is 0 Å². The monoisotopic (exact) mass is 413 g/mol. The van der Waals surface area contributed by atoms with Crippen LogP contribution >= 0.6 is 0 Å². The Morgan fingerprint density at radius 3 is 2.83 bits per heavy atom. The summed E-state index contributed by atoms with van der Waals surface area (Å²) >= 11 is 0. The van der Waals surface area contributed by atoms with Gasteiger partial charge in [-0.3, -0.25) is 4.90 Å². The summed E-state index contributed by atoms with van der Waals surface area (Å²) in [4.78, 5) is 11.5. The first kappa shape index (κ1) is 20.7. The van der Waals surface area contributed by atoms with Crippen LogP contribution in [0.5, 0.6) is 0 Å². The smallest absolute Gasteiger partial charge is 0.209 e. The van der Waals surface area contributed by atoms with Crippen molar-refractivity contribution in [3.8, 4) is 0 Å². The number of rotatable bonds is 6. The van der Waals surface area contributed by atoms with Gasteiger partial charge in [0.05, 0.1) is 5.70 Å². The maximum Gasteiger partial charge on any atom is 0.209 e. The molecule has 2 aliphatic heterocycles. The zero-order valence-electron chi connectivity index (χ0n) is 17.6. The molecule has 0 bridgehead atoms. The molecule has 7 nitrogen and oxygen atoms in total. The molecule has 1 saturated carbocycles. The molecule has 2 heterocycles. The molecule has 5 N–H and O–H groups in total. The predicted octanol–water partition coefficient (Wildman–Crippen LogP) is 2.45. The molecule has 0 radical (unpaired) electrons. The predicted molar refractivity (Wildman–Crippen MR) is 119 cm³/mol. The topological polar surface area (TPSA) is 90.1 Å². The fourth-order valence-corrected chi connectivity index (χ4v) is 4.04. The number of nitrogens with one attached hydrogen (secondary N) is 3. The van der Waals surface area contributed by atoms with Crippen LogP contribution in [0.25, 0.3) is 0 Å². The van der Waals surface area contributed by atoms with Gasteiger partial charge in [0.15, 0.2) is 5.84 Å². The normalized spacial score (nSPS) is 27.7. The van der Waals surface area contributed by atoms with E-state index in [-0.39, 0.29) is 17.8 Å². The van der Waals surface area contributed by atoms with Crippen LogP contribution < -0.4 is 21.7 Å². The number of amidine groups is 1. The number of aliphatic imine (C=N–C) groups is 2. The van der Waals surface area contributed by atoms with Crippen molar-refractivity contribution in [2.75, 3.05) is 19.6 Å². The van der Waals surface area contributed by atoms with E-state index in [2.05, 4.69) is 27.4 Å². The number of halogens is 1. The number of piperidine rings is 1. The summed E-state index contributed by atoms with van der Waals surface area (Å²) in [6, 6.07) is 0.197. The Balaban J connectivity index is 1.62. The van der Waals surface area contributed by atoms with Gasteiger partial charge in [0, 0.05) is 24.7 Å². The molecule has 1 saturated heterocycles. The maximum absolute atomic E-state index is 14.5. The minimum absolute atomic E-state index is 0.0500. The molecule has 30 heavy (non-hydrogen) atoms. The molecule has 4 aliphatic rings. The van der Waals surface area contributed by atoms with Gasteiger partial charge in [0.25, 0.3) is 0 Å². The van der Waals surface area contributed by atoms with Crippen molar-refractivity contribution in [1.29, 1.82) is 0 Å². The van der Waals surface area contributed by atoms with Crippen LogP contribution in [-0.4, -0.2) is 42.4 Å². The van der Waals surface area contributed by atoms with Crippen molar-refractivity contribution in [2.24, 2.45) is 27.6 Å². The lowest BCUT2D eigenvalue weighted by Gasteiger charge is -2.34. The van der Waals surface area contributed by atoms with Crippen LogP contribution in [0.1, 0.15) is 39.0 Å². The van der Waals surface area contributed by atoms with Crippen molar-refractivity contribution in [3.63, 3.8) is 0 Å². The molecule has 0 aromatic carbocycles. The Morgan fingerprint density at radius 1 is 1.40 bits per heavy atom. The Bertz CT molecular complexity index is 828. The third kappa shape index (κ3) is 4.59. The number of hydrogen-bond donors (Lipinski definition) is 4. The summed E-state index contributed by atoms with van der Waals surface area (Å²) < 4.78 is 14.5. The van der Waals surface area contributed by atoms with Crippen molar-refractivity contribution in [2.45, 2.75) is 45.1 Å². The zero-order valence-corrected chi connectivity index (χ0v) is 17.6. The van der Waals surface area contributed by atoms with Gasteiger partial charge in [0.2, 0.25) is 5.96 Å². The van der Waals surface area contributed by atoms with Gasteiger partial charge < -0.3 is 21.7 Å². The van der Waals surface area contributed by atoms with Crippen LogP contribution in [0.15, 0.2) is 58.0 Å². The second-order valence-electron chi connectivity index (χ2n) is 8.47. The van der Waals surface area contributed by atoms with Crippen LogP contribution in [0, 0.1) is 11.8 Å².